The third-order valence-corrected chi connectivity index (χ3v) is 10.3. The molecule has 0 aromatic heterocycles. The van der Waals surface area contributed by atoms with Crippen LogP contribution in [0.5, 0.6) is 5.75 Å². The van der Waals surface area contributed by atoms with E-state index in [9.17, 15) is 14.8 Å². The highest BCUT2D eigenvalue weighted by atomic mass is 16.6. The van der Waals surface area contributed by atoms with Crippen molar-refractivity contribution in [2.75, 3.05) is 19.6 Å². The zero-order chi connectivity index (χ0) is 24.2. The van der Waals surface area contributed by atoms with Crippen LogP contribution in [-0.4, -0.2) is 58.7 Å². The predicted octanol–water partition coefficient (Wildman–Crippen LogP) is 4.48. The van der Waals surface area contributed by atoms with Crippen LogP contribution in [0.2, 0.25) is 0 Å². The second-order valence-corrected chi connectivity index (χ2v) is 11.9. The number of hydroxylamine groups is 1. The number of aryl methyl sites for hydroxylation is 1. The van der Waals surface area contributed by atoms with Gasteiger partial charge in [0.05, 0.1) is 0 Å². The summed E-state index contributed by atoms with van der Waals surface area (Å²) in [6.07, 6.45) is 9.80. The van der Waals surface area contributed by atoms with Gasteiger partial charge in [-0.1, -0.05) is 13.0 Å². The van der Waals surface area contributed by atoms with Crippen LogP contribution in [0, 0.1) is 17.3 Å². The summed E-state index contributed by atoms with van der Waals surface area (Å²) in [4.78, 5) is 28.7. The van der Waals surface area contributed by atoms with Crippen LogP contribution in [-0.2, 0) is 11.2 Å². The Kier molecular flexibility index (Phi) is 6.04. The van der Waals surface area contributed by atoms with Gasteiger partial charge < -0.3 is 19.7 Å². The maximum absolute atomic E-state index is 12.9. The number of benzene rings is 1. The second kappa shape index (κ2) is 9.07. The number of hydrogen-bond acceptors (Lipinski definition) is 5. The van der Waals surface area contributed by atoms with Gasteiger partial charge in [0, 0.05) is 38.1 Å². The molecule has 1 aromatic carbocycles. The molecule has 0 radical (unpaired) electrons. The fourth-order valence-corrected chi connectivity index (χ4v) is 8.41. The molecule has 5 aliphatic rings. The largest absolute Gasteiger partial charge is 0.415 e. The first-order valence-corrected chi connectivity index (χ1v) is 13.8. The summed E-state index contributed by atoms with van der Waals surface area (Å²) >= 11 is 0. The first kappa shape index (κ1) is 23.3. The van der Waals surface area contributed by atoms with Gasteiger partial charge in [0.2, 0.25) is 5.91 Å². The Bertz CT molecular complexity index is 990. The average molecular weight is 482 g/mol. The van der Waals surface area contributed by atoms with Crippen molar-refractivity contribution in [3.8, 4) is 5.75 Å². The lowest BCUT2D eigenvalue weighted by molar-refractivity contribution is -0.130. The molecular formula is C28H39N3O4. The van der Waals surface area contributed by atoms with Crippen LogP contribution in [0.25, 0.3) is 0 Å². The number of rotatable bonds is 3. The number of likely N-dealkylation sites (tertiary alicyclic amines) is 2. The molecule has 7 heteroatoms. The lowest BCUT2D eigenvalue weighted by Crippen LogP contribution is -2.48. The van der Waals surface area contributed by atoms with Crippen LogP contribution >= 0.6 is 0 Å². The van der Waals surface area contributed by atoms with Gasteiger partial charge in [-0.25, -0.2) is 10.3 Å². The fourth-order valence-electron chi connectivity index (χ4n) is 8.41. The molecule has 0 spiro atoms. The highest BCUT2D eigenvalue weighted by molar-refractivity contribution is 5.78. The van der Waals surface area contributed by atoms with Gasteiger partial charge in [-0.15, -0.1) is 0 Å². The number of carbonyl (C=O) groups is 2. The van der Waals surface area contributed by atoms with E-state index in [1.54, 1.807) is 4.90 Å². The van der Waals surface area contributed by atoms with E-state index >= 15 is 0 Å². The van der Waals surface area contributed by atoms with Crippen molar-refractivity contribution < 1.29 is 19.5 Å². The van der Waals surface area contributed by atoms with Crippen molar-refractivity contribution in [1.29, 1.82) is 0 Å². The topological polar surface area (TPSA) is 82.1 Å². The lowest BCUT2D eigenvalue weighted by Gasteiger charge is -2.50. The van der Waals surface area contributed by atoms with Gasteiger partial charge in [0.15, 0.2) is 0 Å². The van der Waals surface area contributed by atoms with Crippen molar-refractivity contribution in [1.82, 2.24) is 15.3 Å². The Balaban J connectivity index is 1.09. The van der Waals surface area contributed by atoms with Crippen LogP contribution in [0.15, 0.2) is 18.2 Å². The molecule has 1 aromatic rings. The quantitative estimate of drug-likeness (QED) is 0.623. The highest BCUT2D eigenvalue weighted by Gasteiger charge is 2.54. The maximum Gasteiger partial charge on any atom is 0.415 e. The molecule has 190 valence electrons. The van der Waals surface area contributed by atoms with Gasteiger partial charge in [-0.3, -0.25) is 4.79 Å². The number of nitrogens with zero attached hydrogens (tertiary/aromatic N) is 2. The molecule has 0 bridgehead atoms. The van der Waals surface area contributed by atoms with Crippen LogP contribution in [0.4, 0.5) is 4.79 Å². The molecule has 5 atom stereocenters. The van der Waals surface area contributed by atoms with Crippen molar-refractivity contribution >= 4 is 12.0 Å². The summed E-state index contributed by atoms with van der Waals surface area (Å²) in [5, 5.41) is 9.68. The standard InChI is InChI=1S/C28H39N3O4/c1-28-13-10-22-21-7-5-20(17-18(21)4-6-23(22)24(28)8-9-25(28)29-34)35-27(33)30-15-11-19(12-16-30)31-14-2-3-26(31)32/h5,7,17,19,22-25,29,34H,2-4,6,8-16H2,1H3. The summed E-state index contributed by atoms with van der Waals surface area (Å²) < 4.78 is 5.82. The van der Waals surface area contributed by atoms with Gasteiger partial charge in [-0.2, -0.15) is 0 Å². The molecule has 2 heterocycles. The number of fused-ring (bicyclic) bond motifs is 5. The van der Waals surface area contributed by atoms with Crippen molar-refractivity contribution in [3.05, 3.63) is 29.3 Å². The summed E-state index contributed by atoms with van der Waals surface area (Å²) in [7, 11) is 0. The Morgan fingerprint density at radius 3 is 2.66 bits per heavy atom. The third kappa shape index (κ3) is 3.95. The molecule has 6 rings (SSSR count). The highest BCUT2D eigenvalue weighted by Crippen LogP contribution is 2.60. The number of amides is 2. The predicted molar refractivity (Wildman–Crippen MR) is 131 cm³/mol. The van der Waals surface area contributed by atoms with E-state index in [4.69, 9.17) is 4.74 Å². The zero-order valence-corrected chi connectivity index (χ0v) is 20.9. The third-order valence-electron chi connectivity index (χ3n) is 10.3. The van der Waals surface area contributed by atoms with Crippen LogP contribution in [0.3, 0.4) is 0 Å². The minimum absolute atomic E-state index is 0.193. The summed E-state index contributed by atoms with van der Waals surface area (Å²) in [6, 6.07) is 6.78. The molecule has 4 fully saturated rings. The zero-order valence-electron chi connectivity index (χ0n) is 20.9. The van der Waals surface area contributed by atoms with E-state index in [-0.39, 0.29) is 29.5 Å². The first-order valence-electron chi connectivity index (χ1n) is 13.8. The molecule has 2 saturated carbocycles. The van der Waals surface area contributed by atoms with E-state index < -0.39 is 0 Å². The summed E-state index contributed by atoms with van der Waals surface area (Å²) in [6.45, 7) is 4.53. The fraction of sp³-hybridized carbons (Fsp3) is 0.714. The Morgan fingerprint density at radius 1 is 1.09 bits per heavy atom. The number of carbonyl (C=O) groups excluding carboxylic acids is 2. The van der Waals surface area contributed by atoms with Gasteiger partial charge in [0.25, 0.3) is 0 Å². The van der Waals surface area contributed by atoms with E-state index in [2.05, 4.69) is 24.5 Å². The van der Waals surface area contributed by atoms with Crippen molar-refractivity contribution in [3.63, 3.8) is 0 Å². The molecule has 2 amide bonds. The second-order valence-electron chi connectivity index (χ2n) is 11.9. The SMILES string of the molecule is CC12CCC3c4ccc(OC(=O)N5CCC(N6CCCC6=O)CC5)cc4CCC3C1CCC2NO. The van der Waals surface area contributed by atoms with Crippen molar-refractivity contribution in [2.24, 2.45) is 17.3 Å². The minimum atomic E-state index is -0.272. The summed E-state index contributed by atoms with van der Waals surface area (Å²) in [5.74, 6) is 2.83. The van der Waals surface area contributed by atoms with Gasteiger partial charge >= 0.3 is 6.09 Å². The first-order chi connectivity index (χ1) is 17.0. The van der Waals surface area contributed by atoms with E-state index in [1.807, 2.05) is 11.0 Å². The molecule has 35 heavy (non-hydrogen) atoms. The number of ether oxygens (including phenoxy) is 1. The Labute approximate surface area is 208 Å². The van der Waals surface area contributed by atoms with Crippen LogP contribution < -0.4 is 10.2 Å². The Morgan fingerprint density at radius 2 is 1.91 bits per heavy atom. The van der Waals surface area contributed by atoms with E-state index in [1.165, 1.54) is 24.0 Å². The molecule has 2 N–H and O–H groups in total. The minimum Gasteiger partial charge on any atom is -0.410 e. The Hall–Kier alpha value is -2.12. The number of nitrogens with one attached hydrogen (secondary N) is 1. The normalized spacial score (nSPS) is 35.0. The molecule has 2 aliphatic heterocycles. The van der Waals surface area contributed by atoms with Gasteiger partial charge in [-0.05, 0) is 104 Å². The van der Waals surface area contributed by atoms with E-state index in [0.717, 1.165) is 51.5 Å². The summed E-state index contributed by atoms with van der Waals surface area (Å²) in [5.41, 5.74) is 5.59. The molecular weight excluding hydrogens is 442 g/mol. The molecule has 7 nitrogen and oxygen atoms in total. The molecule has 5 unspecified atom stereocenters. The lowest BCUT2D eigenvalue weighted by atomic mass is 9.55. The molecule has 2 saturated heterocycles. The number of piperidine rings is 1. The number of hydrogen-bond donors (Lipinski definition) is 2. The van der Waals surface area contributed by atoms with Crippen LogP contribution in [0.1, 0.15) is 81.8 Å². The monoisotopic (exact) mass is 481 g/mol. The van der Waals surface area contributed by atoms with Gasteiger partial charge in [0.1, 0.15) is 5.75 Å². The molecule has 3 aliphatic carbocycles. The van der Waals surface area contributed by atoms with E-state index in [0.29, 0.717) is 43.0 Å². The smallest absolute Gasteiger partial charge is 0.410 e. The maximum atomic E-state index is 12.9. The average Bonchev–Trinajstić information content (AvgIpc) is 3.46. The van der Waals surface area contributed by atoms with Crippen molar-refractivity contribution in [2.45, 2.75) is 89.1 Å².